The van der Waals surface area contributed by atoms with Gasteiger partial charge in [0.2, 0.25) is 0 Å². The second-order valence-electron chi connectivity index (χ2n) is 8.11. The maximum atomic E-state index is 5.18. The quantitative estimate of drug-likeness (QED) is 0.334. The van der Waals surface area contributed by atoms with Crippen molar-refractivity contribution in [3.8, 4) is 11.1 Å². The maximum absolute atomic E-state index is 5.18. The lowest BCUT2D eigenvalue weighted by atomic mass is 9.85. The predicted octanol–water partition coefficient (Wildman–Crippen LogP) is 7.68. The minimum Gasteiger partial charge on any atom is -0.252 e. The molecule has 4 aromatic rings. The number of allylic oxidation sites excluding steroid dienone is 1. The van der Waals surface area contributed by atoms with Crippen molar-refractivity contribution in [3.63, 3.8) is 0 Å². The molecule has 0 aromatic heterocycles. The van der Waals surface area contributed by atoms with Crippen LogP contribution in [0, 0.1) is 6.92 Å². The molecule has 31 heavy (non-hydrogen) atoms. The van der Waals surface area contributed by atoms with Crippen LogP contribution in [0.4, 0.5) is 0 Å². The molecule has 1 heteroatoms. The molecular weight excluding hydrogens is 374 g/mol. The van der Waals surface area contributed by atoms with Crippen molar-refractivity contribution >= 4 is 11.4 Å². The van der Waals surface area contributed by atoms with E-state index in [1.54, 1.807) is 0 Å². The first-order valence-corrected chi connectivity index (χ1v) is 10.8. The summed E-state index contributed by atoms with van der Waals surface area (Å²) in [4.78, 5) is 5.18. The summed E-state index contributed by atoms with van der Waals surface area (Å²) >= 11 is 0. The highest BCUT2D eigenvalue weighted by Crippen LogP contribution is 2.36. The van der Waals surface area contributed by atoms with Crippen LogP contribution in [0.1, 0.15) is 34.6 Å². The fourth-order valence-electron chi connectivity index (χ4n) is 4.34. The summed E-state index contributed by atoms with van der Waals surface area (Å²) in [5.41, 5.74) is 9.66. The summed E-state index contributed by atoms with van der Waals surface area (Å²) in [6.45, 7) is 2.14. The van der Waals surface area contributed by atoms with Gasteiger partial charge in [0.05, 0.1) is 5.70 Å². The van der Waals surface area contributed by atoms with Crippen LogP contribution in [-0.4, -0.2) is 5.71 Å². The van der Waals surface area contributed by atoms with Crippen molar-refractivity contribution in [1.29, 1.82) is 0 Å². The average molecular weight is 400 g/mol. The van der Waals surface area contributed by atoms with E-state index >= 15 is 0 Å². The van der Waals surface area contributed by atoms with E-state index in [1.807, 2.05) is 0 Å². The zero-order valence-electron chi connectivity index (χ0n) is 17.7. The summed E-state index contributed by atoms with van der Waals surface area (Å²) in [6.07, 6.45) is 3.21. The number of aliphatic imine (C=N–C) groups is 1. The highest BCUT2D eigenvalue weighted by Gasteiger charge is 2.22. The lowest BCUT2D eigenvalue weighted by Crippen LogP contribution is -2.13. The number of rotatable bonds is 4. The minimum atomic E-state index is 0.300. The molecular formula is C30H25N. The van der Waals surface area contributed by atoms with E-state index < -0.39 is 0 Å². The van der Waals surface area contributed by atoms with Crippen molar-refractivity contribution in [2.45, 2.75) is 19.3 Å². The van der Waals surface area contributed by atoms with Crippen molar-refractivity contribution in [2.24, 2.45) is 4.99 Å². The Labute approximate surface area is 184 Å². The Morgan fingerprint density at radius 1 is 0.645 bits per heavy atom. The number of benzene rings is 4. The van der Waals surface area contributed by atoms with Gasteiger partial charge in [-0.05, 0) is 29.2 Å². The Bertz CT molecular complexity index is 1250. The molecule has 0 saturated carbocycles. The van der Waals surface area contributed by atoms with Gasteiger partial charge in [0.1, 0.15) is 0 Å². The molecule has 5 rings (SSSR count). The highest BCUT2D eigenvalue weighted by atomic mass is 14.8. The van der Waals surface area contributed by atoms with Gasteiger partial charge in [-0.25, -0.2) is 0 Å². The first-order valence-electron chi connectivity index (χ1n) is 10.8. The normalized spacial score (nSPS) is 15.8. The zero-order valence-corrected chi connectivity index (χ0v) is 17.7. The van der Waals surface area contributed by atoms with Crippen molar-refractivity contribution in [3.05, 3.63) is 138 Å². The Morgan fingerprint density at radius 2 is 1.29 bits per heavy atom. The van der Waals surface area contributed by atoms with Crippen LogP contribution in [0.25, 0.3) is 16.8 Å². The van der Waals surface area contributed by atoms with E-state index in [9.17, 15) is 0 Å². The van der Waals surface area contributed by atoms with E-state index in [2.05, 4.69) is 122 Å². The zero-order chi connectivity index (χ0) is 21.0. The smallest absolute Gasteiger partial charge is 0.0672 e. The molecule has 4 aromatic carbocycles. The molecule has 0 radical (unpaired) electrons. The summed E-state index contributed by atoms with van der Waals surface area (Å²) in [7, 11) is 0. The SMILES string of the molecule is Cc1cccc(-c2ccccc2C2=NC(c3ccccc3)=CC(c3ccccc3)C2)c1. The third kappa shape index (κ3) is 4.13. The predicted molar refractivity (Wildman–Crippen MR) is 131 cm³/mol. The van der Waals surface area contributed by atoms with Gasteiger partial charge < -0.3 is 0 Å². The van der Waals surface area contributed by atoms with E-state index in [-0.39, 0.29) is 0 Å². The monoisotopic (exact) mass is 399 g/mol. The molecule has 1 atom stereocenters. The van der Waals surface area contributed by atoms with Crippen LogP contribution in [0.5, 0.6) is 0 Å². The third-order valence-corrected chi connectivity index (χ3v) is 5.89. The van der Waals surface area contributed by atoms with Gasteiger partial charge in [0, 0.05) is 23.6 Å². The summed E-state index contributed by atoms with van der Waals surface area (Å²) in [5.74, 6) is 0.300. The van der Waals surface area contributed by atoms with Crippen LogP contribution in [0.3, 0.4) is 0 Å². The topological polar surface area (TPSA) is 12.4 Å². The Morgan fingerprint density at radius 3 is 2.03 bits per heavy atom. The van der Waals surface area contributed by atoms with E-state index in [4.69, 9.17) is 4.99 Å². The van der Waals surface area contributed by atoms with Gasteiger partial charge in [-0.3, -0.25) is 4.99 Å². The molecule has 1 nitrogen and oxygen atoms in total. The van der Waals surface area contributed by atoms with Gasteiger partial charge >= 0.3 is 0 Å². The first-order chi connectivity index (χ1) is 15.3. The average Bonchev–Trinajstić information content (AvgIpc) is 2.85. The van der Waals surface area contributed by atoms with Crippen LogP contribution < -0.4 is 0 Å². The van der Waals surface area contributed by atoms with Crippen LogP contribution in [0.2, 0.25) is 0 Å². The standard InChI is InChI=1S/C30H25N/c1-22-11-10-16-25(19-22)27-17-8-9-18-28(27)30-21-26(23-12-4-2-5-13-23)20-29(31-30)24-14-6-3-7-15-24/h2-20,26H,21H2,1H3. The van der Waals surface area contributed by atoms with Gasteiger partial charge in [-0.15, -0.1) is 0 Å². The Kier molecular flexibility index (Phi) is 5.33. The molecule has 1 aliphatic rings. The largest absolute Gasteiger partial charge is 0.252 e. The molecule has 0 spiro atoms. The Balaban J connectivity index is 1.64. The highest BCUT2D eigenvalue weighted by molar-refractivity contribution is 6.09. The second-order valence-corrected chi connectivity index (χ2v) is 8.11. The van der Waals surface area contributed by atoms with Gasteiger partial charge in [0.25, 0.3) is 0 Å². The summed E-state index contributed by atoms with van der Waals surface area (Å²) in [5, 5.41) is 0. The molecule has 1 unspecified atom stereocenters. The van der Waals surface area contributed by atoms with E-state index in [0.29, 0.717) is 5.92 Å². The third-order valence-electron chi connectivity index (χ3n) is 5.89. The minimum absolute atomic E-state index is 0.300. The molecule has 1 aliphatic heterocycles. The maximum Gasteiger partial charge on any atom is 0.0672 e. The molecule has 150 valence electrons. The molecule has 0 saturated heterocycles. The second kappa shape index (κ2) is 8.57. The number of hydrogen-bond acceptors (Lipinski definition) is 1. The van der Waals surface area contributed by atoms with Crippen molar-refractivity contribution in [1.82, 2.24) is 0 Å². The molecule has 0 N–H and O–H groups in total. The van der Waals surface area contributed by atoms with Gasteiger partial charge in [-0.1, -0.05) is 121 Å². The first kappa shape index (κ1) is 19.3. The lowest BCUT2D eigenvalue weighted by Gasteiger charge is -2.23. The summed E-state index contributed by atoms with van der Waals surface area (Å²) < 4.78 is 0. The van der Waals surface area contributed by atoms with Crippen LogP contribution in [-0.2, 0) is 0 Å². The van der Waals surface area contributed by atoms with Crippen molar-refractivity contribution in [2.75, 3.05) is 0 Å². The summed E-state index contributed by atoms with van der Waals surface area (Å²) in [6, 6.07) is 38.7. The number of hydrogen-bond donors (Lipinski definition) is 0. The van der Waals surface area contributed by atoms with Gasteiger partial charge in [-0.2, -0.15) is 0 Å². The Hall–Kier alpha value is -3.71. The fourth-order valence-corrected chi connectivity index (χ4v) is 4.34. The van der Waals surface area contributed by atoms with Crippen molar-refractivity contribution < 1.29 is 0 Å². The van der Waals surface area contributed by atoms with E-state index in [0.717, 1.165) is 23.4 Å². The number of aryl methyl sites for hydroxylation is 1. The lowest BCUT2D eigenvalue weighted by molar-refractivity contribution is 0.880. The van der Waals surface area contributed by atoms with Crippen LogP contribution in [0.15, 0.2) is 120 Å². The molecule has 0 aliphatic carbocycles. The molecule has 1 heterocycles. The van der Waals surface area contributed by atoms with Gasteiger partial charge in [0.15, 0.2) is 0 Å². The van der Waals surface area contributed by atoms with Crippen LogP contribution >= 0.6 is 0 Å². The van der Waals surface area contributed by atoms with E-state index in [1.165, 1.54) is 27.8 Å². The molecule has 0 fully saturated rings. The number of nitrogens with zero attached hydrogens (tertiary/aromatic N) is 1. The fraction of sp³-hybridized carbons (Fsp3) is 0.100. The molecule has 0 bridgehead atoms. The molecule has 0 amide bonds.